The number of rotatable bonds is 2. The van der Waals surface area contributed by atoms with E-state index in [1.54, 1.807) is 0 Å². The molecule has 0 fully saturated rings. The summed E-state index contributed by atoms with van der Waals surface area (Å²) in [7, 11) is 0. The molecule has 0 saturated carbocycles. The van der Waals surface area contributed by atoms with Crippen LogP contribution in [0.15, 0.2) is 45.7 Å². The molecule has 3 aromatic rings. The maximum Gasteiger partial charge on any atom is 0.263 e. The summed E-state index contributed by atoms with van der Waals surface area (Å²) in [6.45, 7) is 1.82. The van der Waals surface area contributed by atoms with E-state index in [2.05, 4.69) is 15.3 Å². The van der Waals surface area contributed by atoms with E-state index in [4.69, 9.17) is 9.05 Å². The quantitative estimate of drug-likeness (QED) is 0.673. The molecule has 0 bridgehead atoms. The SMILES string of the molecule is Cc1onc(-c2ccccc2)c1-c1ncno1. The minimum Gasteiger partial charge on any atom is -0.360 e. The third-order valence-electron chi connectivity index (χ3n) is 2.49. The fourth-order valence-corrected chi connectivity index (χ4v) is 1.70. The molecule has 0 amide bonds. The van der Waals surface area contributed by atoms with Crippen LogP contribution in [0.2, 0.25) is 0 Å². The molecule has 0 radical (unpaired) electrons. The van der Waals surface area contributed by atoms with E-state index in [1.165, 1.54) is 6.33 Å². The van der Waals surface area contributed by atoms with Gasteiger partial charge in [0.05, 0.1) is 0 Å². The Hall–Kier alpha value is -2.43. The molecule has 3 rings (SSSR count). The summed E-state index contributed by atoms with van der Waals surface area (Å²) in [5.74, 6) is 1.08. The molecule has 1 aromatic carbocycles. The first kappa shape index (κ1) is 9.77. The zero-order chi connectivity index (χ0) is 11.7. The zero-order valence-electron chi connectivity index (χ0n) is 9.12. The van der Waals surface area contributed by atoms with Crippen molar-refractivity contribution in [3.63, 3.8) is 0 Å². The van der Waals surface area contributed by atoms with Crippen LogP contribution in [0.1, 0.15) is 5.76 Å². The Bertz CT molecular complexity index is 615. The molecule has 2 aromatic heterocycles. The van der Waals surface area contributed by atoms with E-state index in [-0.39, 0.29) is 0 Å². The molecule has 0 spiro atoms. The van der Waals surface area contributed by atoms with Crippen LogP contribution in [0.5, 0.6) is 0 Å². The summed E-state index contributed by atoms with van der Waals surface area (Å²) < 4.78 is 10.3. The van der Waals surface area contributed by atoms with Crippen molar-refractivity contribution >= 4 is 0 Å². The van der Waals surface area contributed by atoms with E-state index in [1.807, 2.05) is 37.3 Å². The fraction of sp³-hybridized carbons (Fsp3) is 0.0833. The third-order valence-corrected chi connectivity index (χ3v) is 2.49. The fourth-order valence-electron chi connectivity index (χ4n) is 1.70. The Balaban J connectivity index is 2.20. The largest absolute Gasteiger partial charge is 0.360 e. The van der Waals surface area contributed by atoms with Crippen molar-refractivity contribution in [2.75, 3.05) is 0 Å². The average molecular weight is 227 g/mol. The van der Waals surface area contributed by atoms with Crippen molar-refractivity contribution in [2.45, 2.75) is 6.92 Å². The molecule has 0 atom stereocenters. The van der Waals surface area contributed by atoms with Crippen molar-refractivity contribution < 1.29 is 9.05 Å². The number of benzene rings is 1. The summed E-state index contributed by atoms with van der Waals surface area (Å²) in [5, 5.41) is 7.64. The standard InChI is InChI=1S/C12H9N3O2/c1-8-10(12-13-7-14-17-12)11(15-16-8)9-5-3-2-4-6-9/h2-7H,1H3. The Morgan fingerprint density at radius 3 is 2.59 bits per heavy atom. The van der Waals surface area contributed by atoms with Gasteiger partial charge < -0.3 is 9.05 Å². The highest BCUT2D eigenvalue weighted by Gasteiger charge is 2.20. The van der Waals surface area contributed by atoms with E-state index in [0.29, 0.717) is 17.3 Å². The summed E-state index contributed by atoms with van der Waals surface area (Å²) in [5.41, 5.74) is 2.42. The lowest BCUT2D eigenvalue weighted by atomic mass is 10.1. The number of hydrogen-bond donors (Lipinski definition) is 0. The van der Waals surface area contributed by atoms with Gasteiger partial charge >= 0.3 is 0 Å². The normalized spacial score (nSPS) is 10.6. The zero-order valence-corrected chi connectivity index (χ0v) is 9.12. The van der Waals surface area contributed by atoms with Gasteiger partial charge in [0.15, 0.2) is 6.33 Å². The number of nitrogens with zero attached hydrogens (tertiary/aromatic N) is 3. The lowest BCUT2D eigenvalue weighted by Crippen LogP contribution is -1.83. The highest BCUT2D eigenvalue weighted by atomic mass is 16.5. The average Bonchev–Trinajstić information content (AvgIpc) is 2.99. The van der Waals surface area contributed by atoms with Crippen molar-refractivity contribution in [3.8, 4) is 22.7 Å². The van der Waals surface area contributed by atoms with Gasteiger partial charge in [-0.25, -0.2) is 0 Å². The van der Waals surface area contributed by atoms with Crippen molar-refractivity contribution in [1.82, 2.24) is 15.3 Å². The van der Waals surface area contributed by atoms with Gasteiger partial charge in [-0.2, -0.15) is 4.98 Å². The molecule has 5 nitrogen and oxygen atoms in total. The molecule has 0 saturated heterocycles. The van der Waals surface area contributed by atoms with E-state index in [0.717, 1.165) is 11.1 Å². The molecule has 0 aliphatic rings. The monoisotopic (exact) mass is 227 g/mol. The molecule has 5 heteroatoms. The molecule has 17 heavy (non-hydrogen) atoms. The van der Waals surface area contributed by atoms with Gasteiger partial charge in [-0.15, -0.1) is 0 Å². The lowest BCUT2D eigenvalue weighted by Gasteiger charge is -1.97. The summed E-state index contributed by atoms with van der Waals surface area (Å²) in [6.07, 6.45) is 1.36. The van der Waals surface area contributed by atoms with E-state index in [9.17, 15) is 0 Å². The first-order valence-corrected chi connectivity index (χ1v) is 5.15. The van der Waals surface area contributed by atoms with Crippen molar-refractivity contribution in [2.24, 2.45) is 0 Å². The number of aryl methyl sites for hydroxylation is 1. The van der Waals surface area contributed by atoms with Crippen LogP contribution in [0.4, 0.5) is 0 Å². The van der Waals surface area contributed by atoms with Gasteiger partial charge in [-0.05, 0) is 6.92 Å². The predicted octanol–water partition coefficient (Wildman–Crippen LogP) is 2.70. The van der Waals surface area contributed by atoms with Gasteiger partial charge in [-0.1, -0.05) is 40.6 Å². The Morgan fingerprint density at radius 2 is 1.88 bits per heavy atom. The first-order valence-electron chi connectivity index (χ1n) is 5.15. The number of aromatic nitrogens is 3. The van der Waals surface area contributed by atoms with Gasteiger partial charge in [0, 0.05) is 5.56 Å². The van der Waals surface area contributed by atoms with Crippen LogP contribution in [-0.4, -0.2) is 15.3 Å². The van der Waals surface area contributed by atoms with E-state index >= 15 is 0 Å². The third kappa shape index (κ3) is 1.61. The minimum absolute atomic E-state index is 0.419. The molecule has 84 valence electrons. The lowest BCUT2D eigenvalue weighted by molar-refractivity contribution is 0.397. The van der Waals surface area contributed by atoms with Crippen LogP contribution >= 0.6 is 0 Å². The van der Waals surface area contributed by atoms with Crippen LogP contribution in [-0.2, 0) is 0 Å². The molecular formula is C12H9N3O2. The minimum atomic E-state index is 0.419. The Morgan fingerprint density at radius 1 is 1.06 bits per heavy atom. The maximum absolute atomic E-state index is 5.20. The smallest absolute Gasteiger partial charge is 0.263 e. The summed E-state index contributed by atoms with van der Waals surface area (Å²) in [4.78, 5) is 4.03. The topological polar surface area (TPSA) is 65.0 Å². The van der Waals surface area contributed by atoms with Crippen LogP contribution in [0.25, 0.3) is 22.7 Å². The van der Waals surface area contributed by atoms with Gasteiger partial charge in [-0.3, -0.25) is 0 Å². The molecular weight excluding hydrogens is 218 g/mol. The van der Waals surface area contributed by atoms with Gasteiger partial charge in [0.1, 0.15) is 17.0 Å². The Kier molecular flexibility index (Phi) is 2.22. The highest BCUT2D eigenvalue weighted by molar-refractivity contribution is 5.77. The molecule has 2 heterocycles. The summed E-state index contributed by atoms with van der Waals surface area (Å²) in [6, 6.07) is 9.74. The molecule has 0 N–H and O–H groups in total. The van der Waals surface area contributed by atoms with Crippen LogP contribution in [0, 0.1) is 6.92 Å². The van der Waals surface area contributed by atoms with Gasteiger partial charge in [0.2, 0.25) is 0 Å². The van der Waals surface area contributed by atoms with Crippen molar-refractivity contribution in [3.05, 3.63) is 42.4 Å². The van der Waals surface area contributed by atoms with E-state index < -0.39 is 0 Å². The molecule has 0 unspecified atom stereocenters. The van der Waals surface area contributed by atoms with Crippen molar-refractivity contribution in [1.29, 1.82) is 0 Å². The van der Waals surface area contributed by atoms with Crippen LogP contribution in [0.3, 0.4) is 0 Å². The molecule has 0 aliphatic carbocycles. The van der Waals surface area contributed by atoms with Crippen LogP contribution < -0.4 is 0 Å². The highest BCUT2D eigenvalue weighted by Crippen LogP contribution is 2.32. The number of hydrogen-bond acceptors (Lipinski definition) is 5. The second-order valence-electron chi connectivity index (χ2n) is 3.57. The second-order valence-corrected chi connectivity index (χ2v) is 3.57. The second kappa shape index (κ2) is 3.86. The first-order chi connectivity index (χ1) is 8.36. The summed E-state index contributed by atoms with van der Waals surface area (Å²) >= 11 is 0. The maximum atomic E-state index is 5.20. The Labute approximate surface area is 97.1 Å². The van der Waals surface area contributed by atoms with Gasteiger partial charge in [0.25, 0.3) is 5.89 Å². The molecule has 0 aliphatic heterocycles. The predicted molar refractivity (Wildman–Crippen MR) is 60.0 cm³/mol.